The molecule has 0 saturated heterocycles. The average Bonchev–Trinajstić information content (AvgIpc) is 3.24. The third kappa shape index (κ3) is 4.02. The van der Waals surface area contributed by atoms with Crippen LogP contribution in [-0.4, -0.2) is 15.3 Å². The van der Waals surface area contributed by atoms with Gasteiger partial charge in [-0.25, -0.2) is 18.2 Å². The summed E-state index contributed by atoms with van der Waals surface area (Å²) in [5, 5.41) is 4.56. The Bertz CT molecular complexity index is 1180. The standard InChI is InChI=1S/C21H16F3N3OS/c1-12(17-7-6-15(23)8-18(17)24)25-20(28)9-16-11-29-21-26-19(10-27(16)21)13-2-4-14(22)5-3-13/h2-8,10-12H,9H2,1H3,(H,25,28). The number of nitrogens with zero attached hydrogens (tertiary/aromatic N) is 2. The molecule has 0 radical (unpaired) electrons. The first-order valence-electron chi connectivity index (χ1n) is 8.86. The van der Waals surface area contributed by atoms with Gasteiger partial charge in [-0.1, -0.05) is 6.07 Å². The molecule has 1 amide bonds. The molecule has 0 bridgehead atoms. The molecule has 1 atom stereocenters. The van der Waals surface area contributed by atoms with Gasteiger partial charge in [0.2, 0.25) is 5.91 Å². The first-order chi connectivity index (χ1) is 13.9. The first kappa shape index (κ1) is 19.2. The van der Waals surface area contributed by atoms with Gasteiger partial charge >= 0.3 is 0 Å². The molecule has 0 aliphatic carbocycles. The van der Waals surface area contributed by atoms with Crippen molar-refractivity contribution >= 4 is 22.2 Å². The highest BCUT2D eigenvalue weighted by Gasteiger charge is 2.17. The van der Waals surface area contributed by atoms with E-state index in [9.17, 15) is 18.0 Å². The predicted molar refractivity (Wildman–Crippen MR) is 105 cm³/mol. The Morgan fingerprint density at radius 3 is 2.59 bits per heavy atom. The van der Waals surface area contributed by atoms with E-state index in [4.69, 9.17) is 0 Å². The fourth-order valence-corrected chi connectivity index (χ4v) is 3.98. The molecule has 4 aromatic rings. The number of halogens is 3. The molecule has 2 aromatic carbocycles. The zero-order valence-electron chi connectivity index (χ0n) is 15.3. The largest absolute Gasteiger partial charge is 0.349 e. The Morgan fingerprint density at radius 2 is 1.86 bits per heavy atom. The normalized spacial score (nSPS) is 12.3. The predicted octanol–water partition coefficient (Wildman–Crippen LogP) is 4.90. The van der Waals surface area contributed by atoms with Crippen LogP contribution in [0.1, 0.15) is 24.2 Å². The highest BCUT2D eigenvalue weighted by atomic mass is 32.1. The van der Waals surface area contributed by atoms with Gasteiger partial charge in [-0.05, 0) is 37.3 Å². The van der Waals surface area contributed by atoms with Crippen molar-refractivity contribution < 1.29 is 18.0 Å². The molecule has 1 N–H and O–H groups in total. The molecule has 8 heteroatoms. The maximum absolute atomic E-state index is 13.9. The third-order valence-corrected chi connectivity index (χ3v) is 5.46. The number of hydrogen-bond donors (Lipinski definition) is 1. The Balaban J connectivity index is 1.50. The number of carbonyl (C=O) groups excluding carboxylic acids is 1. The molecule has 0 fully saturated rings. The van der Waals surface area contributed by atoms with Crippen molar-refractivity contribution in [1.29, 1.82) is 0 Å². The lowest BCUT2D eigenvalue weighted by Gasteiger charge is -2.15. The van der Waals surface area contributed by atoms with Gasteiger partial charge in [0, 0.05) is 34.5 Å². The van der Waals surface area contributed by atoms with E-state index < -0.39 is 17.7 Å². The van der Waals surface area contributed by atoms with Gasteiger partial charge in [0.05, 0.1) is 18.2 Å². The molecule has 29 heavy (non-hydrogen) atoms. The van der Waals surface area contributed by atoms with E-state index in [1.165, 1.54) is 29.5 Å². The summed E-state index contributed by atoms with van der Waals surface area (Å²) < 4.78 is 41.9. The van der Waals surface area contributed by atoms with E-state index in [2.05, 4.69) is 10.3 Å². The smallest absolute Gasteiger partial charge is 0.226 e. The number of benzene rings is 2. The molecule has 4 nitrogen and oxygen atoms in total. The van der Waals surface area contributed by atoms with Crippen LogP contribution in [0.15, 0.2) is 54.0 Å². The van der Waals surface area contributed by atoms with Crippen LogP contribution in [0.5, 0.6) is 0 Å². The second-order valence-corrected chi connectivity index (χ2v) is 7.48. The summed E-state index contributed by atoms with van der Waals surface area (Å²) in [6, 6.07) is 8.70. The summed E-state index contributed by atoms with van der Waals surface area (Å²) in [6.45, 7) is 1.64. The summed E-state index contributed by atoms with van der Waals surface area (Å²) >= 11 is 1.39. The molecule has 0 aliphatic rings. The van der Waals surface area contributed by atoms with Crippen molar-refractivity contribution in [3.8, 4) is 11.3 Å². The lowest BCUT2D eigenvalue weighted by atomic mass is 10.1. The second kappa shape index (κ2) is 7.71. The molecule has 148 valence electrons. The minimum absolute atomic E-state index is 0.0758. The van der Waals surface area contributed by atoms with Gasteiger partial charge in [0.1, 0.15) is 17.5 Å². The molecule has 0 spiro atoms. The average molecular weight is 415 g/mol. The number of thiazole rings is 1. The monoisotopic (exact) mass is 415 g/mol. The van der Waals surface area contributed by atoms with E-state index in [-0.39, 0.29) is 23.7 Å². The zero-order chi connectivity index (χ0) is 20.5. The van der Waals surface area contributed by atoms with Crippen LogP contribution >= 0.6 is 11.3 Å². The minimum Gasteiger partial charge on any atom is -0.349 e. The Hall–Kier alpha value is -3.13. The lowest BCUT2D eigenvalue weighted by Crippen LogP contribution is -2.29. The maximum Gasteiger partial charge on any atom is 0.226 e. The van der Waals surface area contributed by atoms with E-state index in [1.54, 1.807) is 25.3 Å². The van der Waals surface area contributed by atoms with Crippen LogP contribution in [-0.2, 0) is 11.2 Å². The second-order valence-electron chi connectivity index (χ2n) is 6.64. The Kier molecular flexibility index (Phi) is 5.10. The van der Waals surface area contributed by atoms with Gasteiger partial charge in [-0.2, -0.15) is 0 Å². The number of nitrogens with one attached hydrogen (secondary N) is 1. The SMILES string of the molecule is CC(NC(=O)Cc1csc2nc(-c3ccc(F)cc3)cn12)c1ccc(F)cc1F. The molecule has 2 heterocycles. The summed E-state index contributed by atoms with van der Waals surface area (Å²) in [5.41, 5.74) is 2.41. The number of carbonyl (C=O) groups is 1. The molecular formula is C21H16F3N3OS. The summed E-state index contributed by atoms with van der Waals surface area (Å²) in [6.07, 6.45) is 1.87. The zero-order valence-corrected chi connectivity index (χ0v) is 16.1. The van der Waals surface area contributed by atoms with Crippen molar-refractivity contribution in [3.05, 3.63) is 82.8 Å². The highest BCUT2D eigenvalue weighted by molar-refractivity contribution is 7.15. The summed E-state index contributed by atoms with van der Waals surface area (Å²) in [7, 11) is 0. The van der Waals surface area contributed by atoms with Crippen molar-refractivity contribution in [3.63, 3.8) is 0 Å². The molecule has 2 aromatic heterocycles. The van der Waals surface area contributed by atoms with Gasteiger partial charge in [-0.3, -0.25) is 9.20 Å². The topological polar surface area (TPSA) is 46.4 Å². The van der Waals surface area contributed by atoms with Crippen LogP contribution < -0.4 is 5.32 Å². The van der Waals surface area contributed by atoms with Crippen molar-refractivity contribution in [1.82, 2.24) is 14.7 Å². The minimum atomic E-state index is -0.700. The van der Waals surface area contributed by atoms with E-state index >= 15 is 0 Å². The van der Waals surface area contributed by atoms with E-state index in [0.29, 0.717) is 10.7 Å². The fourth-order valence-electron chi connectivity index (χ4n) is 3.10. The van der Waals surface area contributed by atoms with Gasteiger partial charge in [0.15, 0.2) is 4.96 Å². The number of imidazole rings is 1. The van der Waals surface area contributed by atoms with Gasteiger partial charge < -0.3 is 5.32 Å². The summed E-state index contributed by atoms with van der Waals surface area (Å²) in [5.74, 6) is -1.98. The van der Waals surface area contributed by atoms with Crippen LogP contribution in [0.25, 0.3) is 16.2 Å². The maximum atomic E-state index is 13.9. The Labute approximate surface area is 168 Å². The van der Waals surface area contributed by atoms with Gasteiger partial charge in [0.25, 0.3) is 0 Å². The van der Waals surface area contributed by atoms with Crippen LogP contribution in [0.3, 0.4) is 0 Å². The van der Waals surface area contributed by atoms with E-state index in [0.717, 1.165) is 23.4 Å². The molecule has 0 aliphatic heterocycles. The van der Waals surface area contributed by atoms with Crippen LogP contribution in [0, 0.1) is 17.5 Å². The number of aromatic nitrogens is 2. The summed E-state index contributed by atoms with van der Waals surface area (Å²) in [4.78, 5) is 17.7. The number of fused-ring (bicyclic) bond motifs is 1. The molecular weight excluding hydrogens is 399 g/mol. The number of rotatable bonds is 5. The van der Waals surface area contributed by atoms with Crippen molar-refractivity contribution in [2.45, 2.75) is 19.4 Å². The first-order valence-corrected chi connectivity index (χ1v) is 9.74. The van der Waals surface area contributed by atoms with Crippen LogP contribution in [0.4, 0.5) is 13.2 Å². The molecule has 4 rings (SSSR count). The van der Waals surface area contributed by atoms with Crippen molar-refractivity contribution in [2.24, 2.45) is 0 Å². The fraction of sp³-hybridized carbons (Fsp3) is 0.143. The quantitative estimate of drug-likeness (QED) is 0.504. The molecule has 1 unspecified atom stereocenters. The van der Waals surface area contributed by atoms with Crippen molar-refractivity contribution in [2.75, 3.05) is 0 Å². The number of hydrogen-bond acceptors (Lipinski definition) is 3. The lowest BCUT2D eigenvalue weighted by molar-refractivity contribution is -0.121. The third-order valence-electron chi connectivity index (χ3n) is 4.57. The Morgan fingerprint density at radius 1 is 1.14 bits per heavy atom. The molecule has 0 saturated carbocycles. The number of amides is 1. The van der Waals surface area contributed by atoms with E-state index in [1.807, 2.05) is 9.78 Å². The van der Waals surface area contributed by atoms with Gasteiger partial charge in [-0.15, -0.1) is 11.3 Å². The van der Waals surface area contributed by atoms with Crippen LogP contribution in [0.2, 0.25) is 0 Å². The highest BCUT2D eigenvalue weighted by Crippen LogP contribution is 2.24.